The van der Waals surface area contributed by atoms with E-state index in [-0.39, 0.29) is 17.9 Å². The van der Waals surface area contributed by atoms with Gasteiger partial charge in [0.1, 0.15) is 5.69 Å². The Morgan fingerprint density at radius 2 is 1.94 bits per heavy atom. The second kappa shape index (κ2) is 9.85. The number of benzene rings is 1. The molecule has 11 heteroatoms. The maximum atomic E-state index is 13.6. The molecule has 1 aromatic carbocycles. The first kappa shape index (κ1) is 24.2. The highest BCUT2D eigenvalue weighted by Crippen LogP contribution is 2.27. The largest absolute Gasteiger partial charge is 0.350 e. The number of nitrogens with zero attached hydrogens (tertiary/aromatic N) is 5. The molecular weight excluding hydrogens is 519 g/mol. The number of amides is 1. The number of hydrogen-bond acceptors (Lipinski definition) is 6. The van der Waals surface area contributed by atoms with Crippen molar-refractivity contribution in [1.29, 1.82) is 0 Å². The number of halogens is 2. The van der Waals surface area contributed by atoms with Gasteiger partial charge in [0.05, 0.1) is 45.6 Å². The van der Waals surface area contributed by atoms with E-state index in [1.54, 1.807) is 41.4 Å². The number of carbonyl (C=O) groups is 1. The number of aryl methyl sites for hydroxylation is 2. The summed E-state index contributed by atoms with van der Waals surface area (Å²) in [5.74, 6) is -0.214. The third-order valence-electron chi connectivity index (χ3n) is 5.65. The molecule has 182 valence electrons. The van der Waals surface area contributed by atoms with Gasteiger partial charge in [0.2, 0.25) is 5.91 Å². The summed E-state index contributed by atoms with van der Waals surface area (Å²) in [6.07, 6.45) is 1.71. The number of aromatic nitrogens is 5. The lowest BCUT2D eigenvalue weighted by molar-refractivity contribution is -0.120. The lowest BCUT2D eigenvalue weighted by Crippen LogP contribution is -2.27. The van der Waals surface area contributed by atoms with E-state index in [4.69, 9.17) is 23.2 Å². The summed E-state index contributed by atoms with van der Waals surface area (Å²) in [7, 11) is 0. The smallest absolute Gasteiger partial charge is 0.268 e. The number of pyridine rings is 1. The van der Waals surface area contributed by atoms with E-state index < -0.39 is 0 Å². The summed E-state index contributed by atoms with van der Waals surface area (Å²) < 4.78 is 3.19. The molecule has 8 nitrogen and oxygen atoms in total. The van der Waals surface area contributed by atoms with E-state index in [9.17, 15) is 9.59 Å². The van der Waals surface area contributed by atoms with Gasteiger partial charge in [0, 0.05) is 23.0 Å². The van der Waals surface area contributed by atoms with Gasteiger partial charge in [-0.2, -0.15) is 5.10 Å². The molecule has 1 N–H and O–H groups in total. The Hall–Kier alpha value is -3.53. The Morgan fingerprint density at radius 1 is 1.11 bits per heavy atom. The molecule has 0 aliphatic heterocycles. The van der Waals surface area contributed by atoms with E-state index in [0.717, 1.165) is 17.1 Å². The Bertz CT molecular complexity index is 1660. The summed E-state index contributed by atoms with van der Waals surface area (Å²) in [5, 5.41) is 10.2. The van der Waals surface area contributed by atoms with Crippen LogP contribution < -0.4 is 10.9 Å². The third-order valence-corrected chi connectivity index (χ3v) is 7.26. The van der Waals surface area contributed by atoms with Crippen LogP contribution >= 0.6 is 34.5 Å². The maximum absolute atomic E-state index is 13.6. The molecule has 0 fully saturated rings. The van der Waals surface area contributed by atoms with E-state index in [1.807, 2.05) is 31.2 Å². The summed E-state index contributed by atoms with van der Waals surface area (Å²) in [6, 6.07) is 12.6. The summed E-state index contributed by atoms with van der Waals surface area (Å²) in [6.45, 7) is 3.98. The molecule has 4 aromatic heterocycles. The minimum atomic E-state index is -0.273. The summed E-state index contributed by atoms with van der Waals surface area (Å²) in [4.78, 5) is 35.6. The number of hydrogen-bond donors (Lipinski definition) is 1. The number of rotatable bonds is 6. The van der Waals surface area contributed by atoms with Crippen molar-refractivity contribution < 1.29 is 4.79 Å². The van der Waals surface area contributed by atoms with Crippen LogP contribution in [0.2, 0.25) is 10.0 Å². The Kier molecular flexibility index (Phi) is 6.61. The summed E-state index contributed by atoms with van der Waals surface area (Å²) >= 11 is 13.6. The maximum Gasteiger partial charge on any atom is 0.268 e. The minimum Gasteiger partial charge on any atom is -0.350 e. The molecule has 0 saturated heterocycles. The van der Waals surface area contributed by atoms with E-state index in [0.29, 0.717) is 44.2 Å². The fraction of sp³-hybridized carbons (Fsp3) is 0.160. The Labute approximate surface area is 220 Å². The van der Waals surface area contributed by atoms with Crippen LogP contribution in [0.5, 0.6) is 0 Å². The Morgan fingerprint density at radius 3 is 2.69 bits per heavy atom. The first-order chi connectivity index (χ1) is 17.3. The lowest BCUT2D eigenvalue weighted by Gasteiger charge is -2.07. The van der Waals surface area contributed by atoms with Gasteiger partial charge in [0.15, 0.2) is 4.96 Å². The minimum absolute atomic E-state index is 0.0354. The van der Waals surface area contributed by atoms with Crippen LogP contribution in [0.1, 0.15) is 22.8 Å². The second-order valence-corrected chi connectivity index (χ2v) is 9.83. The zero-order valence-electron chi connectivity index (χ0n) is 19.3. The van der Waals surface area contributed by atoms with Crippen molar-refractivity contribution in [2.45, 2.75) is 26.8 Å². The van der Waals surface area contributed by atoms with Crippen molar-refractivity contribution in [2.75, 3.05) is 0 Å². The number of nitrogens with one attached hydrogen (secondary N) is 1. The molecule has 0 spiro atoms. The molecule has 5 aromatic rings. The van der Waals surface area contributed by atoms with Gasteiger partial charge in [-0.25, -0.2) is 9.67 Å². The van der Waals surface area contributed by atoms with Crippen LogP contribution in [0, 0.1) is 13.8 Å². The van der Waals surface area contributed by atoms with Gasteiger partial charge in [-0.05, 0) is 50.2 Å². The molecule has 36 heavy (non-hydrogen) atoms. The predicted molar refractivity (Wildman–Crippen MR) is 141 cm³/mol. The van der Waals surface area contributed by atoms with Crippen LogP contribution in [0.15, 0.2) is 58.8 Å². The highest BCUT2D eigenvalue weighted by Gasteiger charge is 2.20. The number of thiazole rings is 1. The molecule has 0 saturated carbocycles. The second-order valence-electron chi connectivity index (χ2n) is 8.18. The highest BCUT2D eigenvalue weighted by atomic mass is 35.5. The third kappa shape index (κ3) is 4.65. The normalized spacial score (nSPS) is 11.2. The fourth-order valence-corrected chi connectivity index (χ4v) is 5.14. The molecule has 5 rings (SSSR count). The van der Waals surface area contributed by atoms with E-state index >= 15 is 0 Å². The van der Waals surface area contributed by atoms with E-state index in [2.05, 4.69) is 20.4 Å². The molecular formula is C25H20Cl2N6O2S. The molecule has 4 heterocycles. The standard InChI is InChI=1S/C25H20Cl2N6O2S/c1-14-9-21(31-33(14)17-6-7-19(26)20(27)10-17)23-15(2)30-25-32(24(23)35)18(13-36-25)11-22(34)29-12-16-5-3-4-8-28-16/h3-10,13H,11-12H2,1-2H3,(H,29,34). The fourth-order valence-electron chi connectivity index (χ4n) is 3.92. The van der Waals surface area contributed by atoms with Gasteiger partial charge in [-0.3, -0.25) is 19.0 Å². The Balaban J connectivity index is 1.48. The predicted octanol–water partition coefficient (Wildman–Crippen LogP) is 4.79. The molecule has 0 bridgehead atoms. The average molecular weight is 539 g/mol. The van der Waals surface area contributed by atoms with Gasteiger partial charge < -0.3 is 5.32 Å². The monoisotopic (exact) mass is 538 g/mol. The first-order valence-corrected chi connectivity index (χ1v) is 12.6. The van der Waals surface area contributed by atoms with Crippen LogP contribution in [0.4, 0.5) is 0 Å². The molecule has 0 atom stereocenters. The molecule has 0 unspecified atom stereocenters. The van der Waals surface area contributed by atoms with Crippen molar-refractivity contribution in [2.24, 2.45) is 0 Å². The highest BCUT2D eigenvalue weighted by molar-refractivity contribution is 7.15. The van der Waals surface area contributed by atoms with Crippen LogP contribution in [-0.2, 0) is 17.8 Å². The van der Waals surface area contributed by atoms with Gasteiger partial charge in [-0.15, -0.1) is 11.3 Å². The average Bonchev–Trinajstić information content (AvgIpc) is 3.43. The zero-order chi connectivity index (χ0) is 25.4. The SMILES string of the molecule is Cc1nc2scc(CC(=O)NCc3ccccn3)n2c(=O)c1-c1cc(C)n(-c2ccc(Cl)c(Cl)c2)n1. The van der Waals surface area contributed by atoms with Crippen molar-refractivity contribution in [3.63, 3.8) is 0 Å². The quantitative estimate of drug-likeness (QED) is 0.335. The van der Waals surface area contributed by atoms with E-state index in [1.165, 1.54) is 15.7 Å². The van der Waals surface area contributed by atoms with Crippen LogP contribution in [0.25, 0.3) is 21.9 Å². The van der Waals surface area contributed by atoms with Crippen molar-refractivity contribution in [1.82, 2.24) is 29.5 Å². The molecule has 0 radical (unpaired) electrons. The topological polar surface area (TPSA) is 94.2 Å². The molecule has 0 aliphatic carbocycles. The van der Waals surface area contributed by atoms with Gasteiger partial charge in [0.25, 0.3) is 5.56 Å². The number of fused-ring (bicyclic) bond motifs is 1. The zero-order valence-corrected chi connectivity index (χ0v) is 21.7. The van der Waals surface area contributed by atoms with Crippen molar-refractivity contribution >= 4 is 45.4 Å². The van der Waals surface area contributed by atoms with Gasteiger partial charge in [-0.1, -0.05) is 29.3 Å². The van der Waals surface area contributed by atoms with Crippen LogP contribution in [-0.4, -0.2) is 30.1 Å². The lowest BCUT2D eigenvalue weighted by atomic mass is 10.1. The molecule has 1 amide bonds. The number of carbonyl (C=O) groups excluding carboxylic acids is 1. The summed E-state index contributed by atoms with van der Waals surface area (Å²) in [5.41, 5.74) is 4.01. The van der Waals surface area contributed by atoms with Crippen molar-refractivity contribution in [3.05, 3.63) is 97.2 Å². The van der Waals surface area contributed by atoms with Gasteiger partial charge >= 0.3 is 0 Å². The first-order valence-electron chi connectivity index (χ1n) is 11.0. The van der Waals surface area contributed by atoms with Crippen molar-refractivity contribution in [3.8, 4) is 16.9 Å². The molecule has 0 aliphatic rings. The van der Waals surface area contributed by atoms with Crippen LogP contribution in [0.3, 0.4) is 0 Å².